The first-order valence-corrected chi connectivity index (χ1v) is 46.8. The van der Waals surface area contributed by atoms with Crippen LogP contribution >= 0.6 is 21.6 Å². The summed E-state index contributed by atoms with van der Waals surface area (Å²) < 4.78 is 2.73. The fourth-order valence-corrected chi connectivity index (χ4v) is 18.7. The average molecular weight is 1870 g/mol. The molecule has 0 aliphatic carbocycles. The van der Waals surface area contributed by atoms with E-state index in [1.807, 2.05) is 49.4 Å². The summed E-state index contributed by atoms with van der Waals surface area (Å²) in [7, 11) is 1.92. The van der Waals surface area contributed by atoms with Crippen LogP contribution in [0.5, 0.6) is 5.75 Å². The SMILES string of the molecule is CC(=O)CCCCC[C@@H]1NC(=O)[C@H](Cc2c[nH]c3c(C)cccc23)NC(=O)[C@H]([C@@H](C)O)NC(=O)[C@H](CC(N)=O)NC(=O)[C@@H](NC(C)=O)C(C)(C)SSC(C)(C)[C@@H](C(=O)C[C@@H](Cc2ccc(OCCN)cc2)C(=O)N[C@@H](Cc2ccc3ccccc3c2)C(=O)C[C@@](C)(CCCCN)C(=O)N[C@@H](CCCCNC(C)=O)C(=O)C[C@@H](CC(N)=O)C(=O)N[C@@H](Cc2ccc[nH]2)C(N)=O)NC1=O. The van der Waals surface area contributed by atoms with Crippen molar-refractivity contribution in [1.29, 1.82) is 0 Å². The molecule has 1 aliphatic heterocycles. The Morgan fingerprint density at radius 3 is 1.89 bits per heavy atom. The number of unbranched alkanes of at least 4 members (excludes halogenated alkanes) is 4. The van der Waals surface area contributed by atoms with Gasteiger partial charge in [0.2, 0.25) is 76.8 Å². The van der Waals surface area contributed by atoms with E-state index in [-0.39, 0.29) is 109 Å². The van der Waals surface area contributed by atoms with Crippen LogP contribution in [0, 0.1) is 24.2 Å². The van der Waals surface area contributed by atoms with E-state index in [0.717, 1.165) is 51.8 Å². The third-order valence-electron chi connectivity index (χ3n) is 23.3. The number of rotatable bonds is 48. The highest BCUT2D eigenvalue weighted by Crippen LogP contribution is 2.47. The number of aliphatic hydroxyl groups excluding tert-OH is 1. The van der Waals surface area contributed by atoms with Crippen LogP contribution in [0.25, 0.3) is 21.7 Å². The molecular formula is C94H131N17O19S2. The molecule has 0 unspecified atom stereocenters. The molecule has 7 rings (SSSR count). The lowest BCUT2D eigenvalue weighted by Gasteiger charge is -2.39. The van der Waals surface area contributed by atoms with Gasteiger partial charge in [-0.25, -0.2) is 0 Å². The van der Waals surface area contributed by atoms with Gasteiger partial charge in [-0.15, -0.1) is 0 Å². The lowest BCUT2D eigenvalue weighted by molar-refractivity contribution is -0.140. The summed E-state index contributed by atoms with van der Waals surface area (Å²) in [5.41, 5.74) is 30.8. The second-order valence-corrected chi connectivity index (χ2v) is 38.9. The van der Waals surface area contributed by atoms with Gasteiger partial charge < -0.3 is 106 Å². The Kier molecular flexibility index (Phi) is 41.6. The van der Waals surface area contributed by atoms with Crippen LogP contribution in [-0.4, -0.2) is 211 Å². The molecule has 0 bridgehead atoms. The number of carbonyl (C=O) groups excluding carboxylic acids is 17. The number of ether oxygens (including phenoxy) is 1. The number of carbonyl (C=O) groups is 17. The zero-order valence-corrected chi connectivity index (χ0v) is 78.4. The fraction of sp³-hybridized carbons (Fsp3) is 0.521. The summed E-state index contributed by atoms with van der Waals surface area (Å²) in [5.74, 6) is -16.8. The van der Waals surface area contributed by atoms with Crippen LogP contribution in [-0.2, 0) is 107 Å². The lowest BCUT2D eigenvalue weighted by Crippen LogP contribution is -2.63. The van der Waals surface area contributed by atoms with Gasteiger partial charge in [-0.3, -0.25) is 76.7 Å². The first kappa shape index (κ1) is 107. The zero-order valence-electron chi connectivity index (χ0n) is 76.8. The summed E-state index contributed by atoms with van der Waals surface area (Å²) in [6.07, 6.45) is -0.939. The topological polar surface area (TPSA) is 602 Å². The Labute approximate surface area is 776 Å². The van der Waals surface area contributed by atoms with E-state index >= 15 is 28.8 Å². The van der Waals surface area contributed by atoms with Gasteiger partial charge in [0, 0.05) is 116 Å². The molecule has 1 fully saturated rings. The van der Waals surface area contributed by atoms with E-state index in [9.17, 15) is 57.8 Å². The molecule has 2 aromatic heterocycles. The molecule has 6 aromatic rings. The minimum atomic E-state index is -1.91. The van der Waals surface area contributed by atoms with Crippen molar-refractivity contribution >= 4 is 143 Å². The number of ketones is 4. The number of aryl methyl sites for hydroxylation is 1. The van der Waals surface area contributed by atoms with Gasteiger partial charge in [0.15, 0.2) is 17.3 Å². The van der Waals surface area contributed by atoms with Gasteiger partial charge >= 0.3 is 0 Å². The average Bonchev–Trinajstić information content (AvgIpc) is 1.50. The van der Waals surface area contributed by atoms with Crippen molar-refractivity contribution in [3.63, 3.8) is 0 Å². The van der Waals surface area contributed by atoms with Gasteiger partial charge in [-0.05, 0) is 170 Å². The van der Waals surface area contributed by atoms with Crippen LogP contribution in [0.3, 0.4) is 0 Å². The number of aromatic nitrogens is 2. The van der Waals surface area contributed by atoms with Crippen molar-refractivity contribution in [2.75, 3.05) is 26.2 Å². The quantitative estimate of drug-likeness (QED) is 0.0192. The molecule has 13 atom stereocenters. The third kappa shape index (κ3) is 33.4. The van der Waals surface area contributed by atoms with Gasteiger partial charge in [0.25, 0.3) is 0 Å². The molecule has 23 N–H and O–H groups in total. The van der Waals surface area contributed by atoms with Crippen molar-refractivity contribution in [2.24, 2.45) is 45.9 Å². The van der Waals surface area contributed by atoms with Crippen LogP contribution in [0.15, 0.2) is 109 Å². The van der Waals surface area contributed by atoms with E-state index in [0.29, 0.717) is 64.7 Å². The Morgan fingerprint density at radius 2 is 1.24 bits per heavy atom. The first-order chi connectivity index (χ1) is 62.4. The summed E-state index contributed by atoms with van der Waals surface area (Å²) in [4.78, 5) is 252. The third-order valence-corrected chi connectivity index (χ3v) is 27.5. The van der Waals surface area contributed by atoms with Crippen molar-refractivity contribution in [1.82, 2.24) is 63.1 Å². The molecule has 0 spiro atoms. The van der Waals surface area contributed by atoms with Gasteiger partial charge in [0.1, 0.15) is 60.4 Å². The number of Topliss-reactive ketones (excluding diaryl/α,β-unsaturated/α-hetero) is 4. The fourth-order valence-electron chi connectivity index (χ4n) is 15.8. The maximum absolute atomic E-state index is 16.5. The highest BCUT2D eigenvalue weighted by molar-refractivity contribution is 8.77. The number of aromatic amines is 2. The Balaban J connectivity index is 1.37. The number of H-pyrrole nitrogens is 2. The summed E-state index contributed by atoms with van der Waals surface area (Å²) in [6.45, 7) is 15.3. The van der Waals surface area contributed by atoms with Crippen LogP contribution in [0.2, 0.25) is 0 Å². The Hall–Kier alpha value is -11.9. The molecular weight excluding hydrogens is 1740 g/mol. The lowest BCUT2D eigenvalue weighted by atomic mass is 9.77. The number of amides is 13. The number of para-hydroxylation sites is 1. The zero-order chi connectivity index (χ0) is 97.3. The Morgan fingerprint density at radius 1 is 0.583 bits per heavy atom. The number of primary amides is 3. The molecule has 0 radical (unpaired) electrons. The van der Waals surface area contributed by atoms with E-state index in [2.05, 4.69) is 63.1 Å². The van der Waals surface area contributed by atoms with Crippen LogP contribution in [0.4, 0.5) is 0 Å². The van der Waals surface area contributed by atoms with E-state index < -0.39 is 208 Å². The molecule has 718 valence electrons. The number of fused-ring (bicyclic) bond motifs is 2. The van der Waals surface area contributed by atoms with E-state index in [1.54, 1.807) is 94.7 Å². The number of nitrogens with two attached hydrogens (primary N) is 5. The maximum Gasteiger partial charge on any atom is 0.245 e. The molecule has 1 saturated heterocycles. The summed E-state index contributed by atoms with van der Waals surface area (Å²) >= 11 is 0. The molecule has 36 nitrogen and oxygen atoms in total. The molecule has 3 heterocycles. The number of benzene rings is 4. The van der Waals surface area contributed by atoms with Crippen LogP contribution in [0.1, 0.15) is 193 Å². The molecule has 38 heteroatoms. The maximum atomic E-state index is 16.5. The normalized spacial score (nSPS) is 19.2. The second-order valence-electron chi connectivity index (χ2n) is 35.5. The smallest absolute Gasteiger partial charge is 0.245 e. The number of hydrogen-bond acceptors (Lipinski definition) is 23. The Bertz CT molecular complexity index is 5060. The van der Waals surface area contributed by atoms with Gasteiger partial charge in [0.05, 0.1) is 35.9 Å². The molecule has 0 saturated carbocycles. The minimum absolute atomic E-state index is 0.0315. The van der Waals surface area contributed by atoms with Gasteiger partial charge in [-0.2, -0.15) is 0 Å². The first-order valence-electron chi connectivity index (χ1n) is 44.6. The molecule has 132 heavy (non-hydrogen) atoms. The van der Waals surface area contributed by atoms with Gasteiger partial charge in [-0.1, -0.05) is 121 Å². The predicted molar refractivity (Wildman–Crippen MR) is 502 cm³/mol. The standard InChI is InChI=1S/C94H131N17O19S2/c1-53-22-20-27-67-64(52-102-79(53)67)45-72-87(125)104-69(29-13-11-12-23-54(2)112)86(124)111-81(92(6,7)131-132-93(8,9)82(103-57(5)115)90(128)108-73(50-78(98)120)88(126)110-80(55(3)113)89(127)107-72)75(117)47-62(42-58-31-34-66(35-32-58)130-41-38-96)84(122)105-70(44-59-30-33-60-24-14-15-25-61(60)43-59)76(118)51-94(10,36-17-18-37-95)91(129)109-68(28-16-19-39-100-56(4)114)74(116)46-63(48-77(97)119)85(123)106-71(83(99)121)49-65-26-21-40-101-65/h14-15,20-22,24-27,30-35,40,43,52,55,62-63,68-73,80-82,101-102,113H,11-13,16-19,23,28-29,36-39,41-42,44-51,95-96H2,1-10H3,(H2,97,119)(H2,98,120)(H2,99,121)(H,100,114)(H,103,115)(H,104,125)(H,105,122)(H,106,123)(H,107,127)(H,108,128)(H,109,129)(H,110,126)(H,111,124)/t55-,62-,63+,68+,69+,70+,71+,72+,73+,80+,81-,82-,94-/m1/s1. The number of hydrogen-bond donors (Lipinski definition) is 18. The summed E-state index contributed by atoms with van der Waals surface area (Å²) in [6, 6.07) is 13.6. The van der Waals surface area contributed by atoms with E-state index in [1.165, 1.54) is 20.8 Å². The minimum Gasteiger partial charge on any atom is -0.492 e. The number of aliphatic hydroxyl groups is 1. The monoisotopic (exact) mass is 1870 g/mol. The second kappa shape index (κ2) is 51.2. The molecule has 13 amide bonds. The molecule has 4 aromatic carbocycles. The van der Waals surface area contributed by atoms with Crippen LogP contribution < -0.4 is 86.6 Å². The highest BCUT2D eigenvalue weighted by atomic mass is 33.1. The molecule has 1 aliphatic rings. The van der Waals surface area contributed by atoms with Crippen molar-refractivity contribution < 1.29 is 91.4 Å². The summed E-state index contributed by atoms with van der Waals surface area (Å²) in [5, 5.41) is 40.7. The van der Waals surface area contributed by atoms with Crippen molar-refractivity contribution in [3.05, 3.63) is 137 Å². The highest BCUT2D eigenvalue weighted by Gasteiger charge is 2.47. The number of nitrogens with one attached hydrogen (secondary N) is 12. The van der Waals surface area contributed by atoms with Crippen molar-refractivity contribution in [2.45, 2.75) is 268 Å². The van der Waals surface area contributed by atoms with E-state index in [4.69, 9.17) is 33.4 Å². The largest absolute Gasteiger partial charge is 0.492 e. The van der Waals surface area contributed by atoms with Crippen molar-refractivity contribution in [3.8, 4) is 5.75 Å². The predicted octanol–water partition coefficient (Wildman–Crippen LogP) is 3.61.